The molecule has 0 radical (unpaired) electrons. The average Bonchev–Trinajstić information content (AvgIpc) is 2.14. The van der Waals surface area contributed by atoms with Crippen LogP contribution in [0.4, 0.5) is 0 Å². The fourth-order valence-corrected chi connectivity index (χ4v) is 1.36. The number of carbonyl (C=O) groups is 2. The van der Waals surface area contributed by atoms with Gasteiger partial charge in [-0.25, -0.2) is 0 Å². The standard InChI is InChI=1S/C8H13N3O2S/c1-6(5-14-2)11-8(13)7(12)10-4-3-9/h6H,4-5H2,1-2H3,(H,10,12)(H,11,13). The highest BCUT2D eigenvalue weighted by Crippen LogP contribution is 1.95. The molecule has 0 aliphatic carbocycles. The number of thioether (sulfide) groups is 1. The van der Waals surface area contributed by atoms with Crippen LogP contribution < -0.4 is 10.6 Å². The number of nitriles is 1. The molecule has 0 aromatic heterocycles. The van der Waals surface area contributed by atoms with E-state index in [0.717, 1.165) is 5.75 Å². The van der Waals surface area contributed by atoms with E-state index >= 15 is 0 Å². The van der Waals surface area contributed by atoms with E-state index in [0.29, 0.717) is 0 Å². The quantitative estimate of drug-likeness (QED) is 0.489. The first kappa shape index (κ1) is 12.8. The van der Waals surface area contributed by atoms with E-state index in [9.17, 15) is 9.59 Å². The van der Waals surface area contributed by atoms with E-state index in [-0.39, 0.29) is 12.6 Å². The van der Waals surface area contributed by atoms with Crippen LogP contribution in [-0.2, 0) is 9.59 Å². The lowest BCUT2D eigenvalue weighted by Gasteiger charge is -2.11. The lowest BCUT2D eigenvalue weighted by molar-refractivity contribution is -0.139. The van der Waals surface area contributed by atoms with Gasteiger partial charge in [-0.2, -0.15) is 17.0 Å². The van der Waals surface area contributed by atoms with Crippen molar-refractivity contribution >= 4 is 23.6 Å². The van der Waals surface area contributed by atoms with E-state index < -0.39 is 11.8 Å². The van der Waals surface area contributed by atoms with E-state index in [4.69, 9.17) is 5.26 Å². The Hall–Kier alpha value is -1.22. The smallest absolute Gasteiger partial charge is 0.310 e. The van der Waals surface area contributed by atoms with Crippen LogP contribution in [0.25, 0.3) is 0 Å². The summed E-state index contributed by atoms with van der Waals surface area (Å²) in [6.45, 7) is 1.66. The molecule has 0 spiro atoms. The Morgan fingerprint density at radius 1 is 1.50 bits per heavy atom. The van der Waals surface area contributed by atoms with Crippen molar-refractivity contribution in [1.82, 2.24) is 10.6 Å². The molecule has 0 heterocycles. The first-order chi connectivity index (χ1) is 6.61. The van der Waals surface area contributed by atoms with E-state index in [1.165, 1.54) is 0 Å². The molecule has 0 saturated carbocycles. The van der Waals surface area contributed by atoms with Crippen LogP contribution in [0.2, 0.25) is 0 Å². The summed E-state index contributed by atoms with van der Waals surface area (Å²) in [7, 11) is 0. The maximum atomic E-state index is 11.1. The minimum atomic E-state index is -0.764. The molecule has 0 bridgehead atoms. The topological polar surface area (TPSA) is 82.0 Å². The summed E-state index contributed by atoms with van der Waals surface area (Å²) in [5.74, 6) is -0.710. The second-order valence-electron chi connectivity index (χ2n) is 2.67. The molecule has 6 heteroatoms. The Morgan fingerprint density at radius 3 is 2.64 bits per heavy atom. The maximum Gasteiger partial charge on any atom is 0.310 e. The van der Waals surface area contributed by atoms with Crippen molar-refractivity contribution in [3.63, 3.8) is 0 Å². The number of hydrogen-bond acceptors (Lipinski definition) is 4. The first-order valence-electron chi connectivity index (χ1n) is 4.06. The Balaban J connectivity index is 3.84. The summed E-state index contributed by atoms with van der Waals surface area (Å²) in [4.78, 5) is 22.1. The fourth-order valence-electron chi connectivity index (χ4n) is 0.781. The van der Waals surface area contributed by atoms with Crippen molar-refractivity contribution in [1.29, 1.82) is 5.26 Å². The zero-order chi connectivity index (χ0) is 11.0. The molecule has 0 aliphatic rings. The molecule has 5 nitrogen and oxygen atoms in total. The molecule has 0 aromatic rings. The predicted octanol–water partition coefficient (Wildman–Crippen LogP) is -0.506. The third-order valence-electron chi connectivity index (χ3n) is 1.33. The van der Waals surface area contributed by atoms with Crippen molar-refractivity contribution in [3.8, 4) is 6.07 Å². The van der Waals surface area contributed by atoms with E-state index in [2.05, 4.69) is 10.6 Å². The molecule has 2 amide bonds. The third-order valence-corrected chi connectivity index (χ3v) is 2.16. The highest BCUT2D eigenvalue weighted by Gasteiger charge is 2.14. The van der Waals surface area contributed by atoms with Crippen LogP contribution in [0.15, 0.2) is 0 Å². The molecule has 0 rings (SSSR count). The number of hydrogen-bond donors (Lipinski definition) is 2. The predicted molar refractivity (Wildman–Crippen MR) is 54.6 cm³/mol. The molecule has 0 fully saturated rings. The minimum absolute atomic E-state index is 0.0506. The van der Waals surface area contributed by atoms with Gasteiger partial charge in [0, 0.05) is 11.8 Å². The highest BCUT2D eigenvalue weighted by atomic mass is 32.2. The molecule has 0 aliphatic heterocycles. The molecule has 1 atom stereocenters. The first-order valence-corrected chi connectivity index (χ1v) is 5.45. The number of amides is 2. The van der Waals surface area contributed by atoms with Crippen molar-refractivity contribution in [3.05, 3.63) is 0 Å². The van der Waals surface area contributed by atoms with Crippen molar-refractivity contribution in [2.45, 2.75) is 13.0 Å². The Morgan fingerprint density at radius 2 is 2.14 bits per heavy atom. The summed E-state index contributed by atoms with van der Waals surface area (Å²) in [6.07, 6.45) is 1.92. The fraction of sp³-hybridized carbons (Fsp3) is 0.625. The molecule has 2 N–H and O–H groups in total. The van der Waals surface area contributed by atoms with Crippen LogP contribution in [0.3, 0.4) is 0 Å². The van der Waals surface area contributed by atoms with Gasteiger partial charge in [0.25, 0.3) is 0 Å². The van der Waals surface area contributed by atoms with Crippen LogP contribution >= 0.6 is 11.8 Å². The van der Waals surface area contributed by atoms with Crippen LogP contribution in [-0.4, -0.2) is 36.4 Å². The summed E-state index contributed by atoms with van der Waals surface area (Å²) < 4.78 is 0. The molecule has 1 unspecified atom stereocenters. The lowest BCUT2D eigenvalue weighted by Crippen LogP contribution is -2.44. The average molecular weight is 215 g/mol. The van der Waals surface area contributed by atoms with Crippen molar-refractivity contribution in [2.24, 2.45) is 0 Å². The molecular weight excluding hydrogens is 202 g/mol. The van der Waals surface area contributed by atoms with Gasteiger partial charge in [0.2, 0.25) is 0 Å². The molecule has 14 heavy (non-hydrogen) atoms. The van der Waals surface area contributed by atoms with Crippen LogP contribution in [0.5, 0.6) is 0 Å². The van der Waals surface area contributed by atoms with Gasteiger partial charge in [-0.15, -0.1) is 0 Å². The van der Waals surface area contributed by atoms with E-state index in [1.54, 1.807) is 17.8 Å². The van der Waals surface area contributed by atoms with Gasteiger partial charge in [0.05, 0.1) is 6.07 Å². The van der Waals surface area contributed by atoms with Gasteiger partial charge in [-0.05, 0) is 13.2 Å². The summed E-state index contributed by atoms with van der Waals surface area (Å²) >= 11 is 1.58. The van der Waals surface area contributed by atoms with Gasteiger partial charge in [0.15, 0.2) is 0 Å². The number of nitrogens with zero attached hydrogens (tertiary/aromatic N) is 1. The van der Waals surface area contributed by atoms with Crippen LogP contribution in [0, 0.1) is 11.3 Å². The maximum absolute atomic E-state index is 11.1. The Labute approximate surface area is 87.2 Å². The van der Waals surface area contributed by atoms with Gasteiger partial charge < -0.3 is 10.6 Å². The SMILES string of the molecule is CSCC(C)NC(=O)C(=O)NCC#N. The van der Waals surface area contributed by atoms with Crippen molar-refractivity contribution < 1.29 is 9.59 Å². The number of rotatable bonds is 4. The normalized spacial score (nSPS) is 11.2. The summed E-state index contributed by atoms with van der Waals surface area (Å²) in [5, 5.41) is 12.8. The second kappa shape index (κ2) is 7.21. The zero-order valence-electron chi connectivity index (χ0n) is 8.16. The molecule has 0 saturated heterocycles. The third kappa shape index (κ3) is 5.43. The Kier molecular flexibility index (Phi) is 6.58. The van der Waals surface area contributed by atoms with E-state index in [1.807, 2.05) is 13.2 Å². The molecular formula is C8H13N3O2S. The second-order valence-corrected chi connectivity index (χ2v) is 3.58. The van der Waals surface area contributed by atoms with Crippen LogP contribution in [0.1, 0.15) is 6.92 Å². The lowest BCUT2D eigenvalue weighted by atomic mass is 10.4. The monoisotopic (exact) mass is 215 g/mol. The number of nitrogens with one attached hydrogen (secondary N) is 2. The highest BCUT2D eigenvalue weighted by molar-refractivity contribution is 7.98. The summed E-state index contributed by atoms with van der Waals surface area (Å²) in [5.41, 5.74) is 0. The summed E-state index contributed by atoms with van der Waals surface area (Å²) in [6, 6.07) is 1.67. The minimum Gasteiger partial charge on any atom is -0.345 e. The zero-order valence-corrected chi connectivity index (χ0v) is 8.98. The van der Waals surface area contributed by atoms with Gasteiger partial charge in [-0.3, -0.25) is 9.59 Å². The van der Waals surface area contributed by atoms with Gasteiger partial charge >= 0.3 is 11.8 Å². The van der Waals surface area contributed by atoms with Crippen molar-refractivity contribution in [2.75, 3.05) is 18.6 Å². The Bertz CT molecular complexity index is 249. The molecule has 78 valence electrons. The number of carbonyl (C=O) groups excluding carboxylic acids is 2. The largest absolute Gasteiger partial charge is 0.345 e. The van der Waals surface area contributed by atoms with Gasteiger partial charge in [-0.1, -0.05) is 0 Å². The molecule has 0 aromatic carbocycles. The van der Waals surface area contributed by atoms with Gasteiger partial charge in [0.1, 0.15) is 6.54 Å².